The standard InChI is InChI=1S/C17H16N2.BrH/c18-16-11-13-19(17-9-5-4-8-15(16)17)12-10-14-6-2-1-3-7-14;/h1-9,11,13,18H,10,12H2;1H. The van der Waals surface area contributed by atoms with Crippen LogP contribution < -0.4 is 5.36 Å². The van der Waals surface area contributed by atoms with E-state index in [1.807, 2.05) is 36.5 Å². The van der Waals surface area contributed by atoms with E-state index in [0.29, 0.717) is 5.36 Å². The van der Waals surface area contributed by atoms with Gasteiger partial charge in [-0.15, -0.1) is 17.0 Å². The fraction of sp³-hybridized carbons (Fsp3) is 0.118. The summed E-state index contributed by atoms with van der Waals surface area (Å²) in [5.74, 6) is 0. The highest BCUT2D eigenvalue weighted by Crippen LogP contribution is 2.10. The number of aromatic nitrogens is 1. The van der Waals surface area contributed by atoms with Crippen LogP contribution in [0.1, 0.15) is 5.56 Å². The van der Waals surface area contributed by atoms with Gasteiger partial charge in [0.15, 0.2) is 0 Å². The van der Waals surface area contributed by atoms with Crippen LogP contribution in [0.3, 0.4) is 0 Å². The van der Waals surface area contributed by atoms with E-state index in [1.165, 1.54) is 5.56 Å². The molecule has 0 saturated carbocycles. The minimum Gasteiger partial charge on any atom is -0.347 e. The number of pyridine rings is 1. The number of rotatable bonds is 3. The molecule has 1 N–H and O–H groups in total. The predicted molar refractivity (Wildman–Crippen MR) is 88.3 cm³/mol. The second kappa shape index (κ2) is 6.53. The summed E-state index contributed by atoms with van der Waals surface area (Å²) >= 11 is 0. The summed E-state index contributed by atoms with van der Waals surface area (Å²) in [6, 6.07) is 20.5. The van der Waals surface area contributed by atoms with Crippen LogP contribution in [-0.2, 0) is 13.0 Å². The average molecular weight is 329 g/mol. The van der Waals surface area contributed by atoms with Crippen LogP contribution in [0.15, 0.2) is 66.9 Å². The second-order valence-electron chi connectivity index (χ2n) is 4.68. The zero-order chi connectivity index (χ0) is 13.1. The molecule has 0 bridgehead atoms. The average Bonchev–Trinajstić information content (AvgIpc) is 2.48. The molecule has 0 atom stereocenters. The van der Waals surface area contributed by atoms with Gasteiger partial charge >= 0.3 is 0 Å². The molecule has 0 spiro atoms. The van der Waals surface area contributed by atoms with Gasteiger partial charge in [-0.2, -0.15) is 0 Å². The zero-order valence-electron chi connectivity index (χ0n) is 11.1. The Morgan fingerprint density at radius 3 is 2.35 bits per heavy atom. The quantitative estimate of drug-likeness (QED) is 0.754. The summed E-state index contributed by atoms with van der Waals surface area (Å²) in [6.45, 7) is 0.935. The molecule has 2 nitrogen and oxygen atoms in total. The molecule has 1 heterocycles. The Morgan fingerprint density at radius 1 is 0.850 bits per heavy atom. The lowest BCUT2D eigenvalue weighted by Gasteiger charge is -2.11. The van der Waals surface area contributed by atoms with E-state index < -0.39 is 0 Å². The fourth-order valence-corrected chi connectivity index (χ4v) is 2.38. The third-order valence-electron chi connectivity index (χ3n) is 3.41. The van der Waals surface area contributed by atoms with E-state index in [9.17, 15) is 0 Å². The molecule has 0 aliphatic heterocycles. The van der Waals surface area contributed by atoms with Gasteiger partial charge in [-0.05, 0) is 24.1 Å². The van der Waals surface area contributed by atoms with Crippen molar-refractivity contribution in [3.8, 4) is 0 Å². The lowest BCUT2D eigenvalue weighted by atomic mass is 10.1. The molecule has 3 rings (SSSR count). The number of hydrogen-bond acceptors (Lipinski definition) is 1. The van der Waals surface area contributed by atoms with E-state index in [2.05, 4.69) is 34.9 Å². The third kappa shape index (κ3) is 2.99. The molecule has 0 fully saturated rings. The molecule has 0 unspecified atom stereocenters. The monoisotopic (exact) mass is 328 g/mol. The number of benzene rings is 2. The molecular weight excluding hydrogens is 312 g/mol. The molecular formula is C17H17BrN2. The number of halogens is 1. The number of fused-ring (bicyclic) bond motifs is 1. The number of nitrogens with one attached hydrogen (secondary N) is 1. The number of aryl methyl sites for hydroxylation is 2. The zero-order valence-corrected chi connectivity index (χ0v) is 12.8. The maximum atomic E-state index is 7.94. The number of nitrogens with zero attached hydrogens (tertiary/aromatic N) is 1. The van der Waals surface area contributed by atoms with Crippen LogP contribution in [0.4, 0.5) is 0 Å². The molecule has 0 radical (unpaired) electrons. The minimum absolute atomic E-state index is 0. The first kappa shape index (κ1) is 14.5. The maximum Gasteiger partial charge on any atom is 0.0647 e. The summed E-state index contributed by atoms with van der Waals surface area (Å²) in [6.07, 6.45) is 3.01. The van der Waals surface area contributed by atoms with Gasteiger partial charge in [0.05, 0.1) is 10.9 Å². The molecule has 1 aromatic heterocycles. The molecule has 2 aromatic carbocycles. The molecule has 0 amide bonds. The van der Waals surface area contributed by atoms with Crippen LogP contribution in [0, 0.1) is 5.41 Å². The van der Waals surface area contributed by atoms with Crippen molar-refractivity contribution in [2.24, 2.45) is 0 Å². The van der Waals surface area contributed by atoms with E-state index >= 15 is 0 Å². The van der Waals surface area contributed by atoms with Crippen LogP contribution >= 0.6 is 17.0 Å². The van der Waals surface area contributed by atoms with Crippen molar-refractivity contribution in [1.29, 1.82) is 5.41 Å². The van der Waals surface area contributed by atoms with Crippen molar-refractivity contribution < 1.29 is 0 Å². The van der Waals surface area contributed by atoms with Crippen LogP contribution in [-0.4, -0.2) is 4.57 Å². The molecule has 0 saturated heterocycles. The molecule has 0 aliphatic carbocycles. The summed E-state index contributed by atoms with van der Waals surface area (Å²) in [4.78, 5) is 0. The lowest BCUT2D eigenvalue weighted by Crippen LogP contribution is -2.09. The van der Waals surface area contributed by atoms with E-state index in [0.717, 1.165) is 23.9 Å². The normalized spacial score (nSPS) is 10.2. The molecule has 3 aromatic rings. The minimum atomic E-state index is 0. The Bertz CT molecular complexity index is 748. The molecule has 20 heavy (non-hydrogen) atoms. The number of para-hydroxylation sites is 1. The van der Waals surface area contributed by atoms with Crippen molar-refractivity contribution in [2.45, 2.75) is 13.0 Å². The van der Waals surface area contributed by atoms with E-state index in [4.69, 9.17) is 5.41 Å². The first-order valence-corrected chi connectivity index (χ1v) is 6.51. The van der Waals surface area contributed by atoms with Gasteiger partial charge in [0, 0.05) is 18.1 Å². The second-order valence-corrected chi connectivity index (χ2v) is 4.68. The summed E-state index contributed by atoms with van der Waals surface area (Å²) < 4.78 is 2.22. The summed E-state index contributed by atoms with van der Waals surface area (Å²) in [7, 11) is 0. The Morgan fingerprint density at radius 2 is 1.55 bits per heavy atom. The van der Waals surface area contributed by atoms with Gasteiger partial charge in [0.25, 0.3) is 0 Å². The smallest absolute Gasteiger partial charge is 0.0647 e. The predicted octanol–water partition coefficient (Wildman–Crippen LogP) is 3.94. The molecule has 0 aliphatic rings. The fourth-order valence-electron chi connectivity index (χ4n) is 2.38. The van der Waals surface area contributed by atoms with Crippen molar-refractivity contribution in [1.82, 2.24) is 4.57 Å². The van der Waals surface area contributed by atoms with E-state index in [-0.39, 0.29) is 17.0 Å². The van der Waals surface area contributed by atoms with Gasteiger partial charge in [0.1, 0.15) is 0 Å². The molecule has 102 valence electrons. The maximum absolute atomic E-state index is 7.94. The first-order valence-electron chi connectivity index (χ1n) is 6.51. The van der Waals surface area contributed by atoms with Crippen molar-refractivity contribution in [3.63, 3.8) is 0 Å². The van der Waals surface area contributed by atoms with Crippen LogP contribution in [0.2, 0.25) is 0 Å². The largest absolute Gasteiger partial charge is 0.347 e. The topological polar surface area (TPSA) is 28.8 Å². The van der Waals surface area contributed by atoms with Crippen molar-refractivity contribution in [3.05, 3.63) is 77.8 Å². The van der Waals surface area contributed by atoms with Crippen LogP contribution in [0.25, 0.3) is 10.9 Å². The highest BCUT2D eigenvalue weighted by Gasteiger charge is 2.00. The summed E-state index contributed by atoms with van der Waals surface area (Å²) in [5, 5.41) is 9.54. The number of hydrogen-bond donors (Lipinski definition) is 1. The first-order chi connectivity index (χ1) is 9.34. The highest BCUT2D eigenvalue weighted by molar-refractivity contribution is 8.93. The highest BCUT2D eigenvalue weighted by atomic mass is 79.9. The Balaban J connectivity index is 0.00000147. The van der Waals surface area contributed by atoms with E-state index in [1.54, 1.807) is 0 Å². The van der Waals surface area contributed by atoms with Gasteiger partial charge in [-0.1, -0.05) is 48.5 Å². The van der Waals surface area contributed by atoms with Gasteiger partial charge in [0.2, 0.25) is 0 Å². The van der Waals surface area contributed by atoms with Gasteiger partial charge < -0.3 is 9.98 Å². The van der Waals surface area contributed by atoms with Gasteiger partial charge in [-0.25, -0.2) is 0 Å². The Labute approximate surface area is 129 Å². The Kier molecular flexibility index (Phi) is 4.74. The van der Waals surface area contributed by atoms with Crippen molar-refractivity contribution >= 4 is 27.9 Å². The Hall–Kier alpha value is -1.87. The SMILES string of the molecule is Br.N=c1ccn(CCc2ccccc2)c2ccccc12. The third-order valence-corrected chi connectivity index (χ3v) is 3.41. The van der Waals surface area contributed by atoms with Crippen LogP contribution in [0.5, 0.6) is 0 Å². The lowest BCUT2D eigenvalue weighted by molar-refractivity contribution is 0.715. The molecule has 3 heteroatoms. The summed E-state index contributed by atoms with van der Waals surface area (Å²) in [5.41, 5.74) is 2.47. The van der Waals surface area contributed by atoms with Gasteiger partial charge in [-0.3, -0.25) is 0 Å². The van der Waals surface area contributed by atoms with Crippen molar-refractivity contribution in [2.75, 3.05) is 0 Å².